The standard InChI is InChI=1S/C8H7ClFNO3/c9-4-1-6(11)5(10)2-7(4)14-3-8(12)13/h1-2H,3,11H2,(H,12,13). The van der Waals surface area contributed by atoms with Crippen LogP contribution in [0.25, 0.3) is 0 Å². The fourth-order valence-electron chi connectivity index (χ4n) is 0.794. The molecule has 1 rings (SSSR count). The van der Waals surface area contributed by atoms with Crippen molar-refractivity contribution in [2.45, 2.75) is 0 Å². The van der Waals surface area contributed by atoms with E-state index in [1.165, 1.54) is 0 Å². The molecule has 0 saturated heterocycles. The maximum atomic E-state index is 12.9. The Hall–Kier alpha value is -1.49. The summed E-state index contributed by atoms with van der Waals surface area (Å²) in [6, 6.07) is 2.11. The van der Waals surface area contributed by atoms with Crippen molar-refractivity contribution in [2.75, 3.05) is 12.3 Å². The average molecular weight is 220 g/mol. The Labute approximate surface area is 84.0 Å². The number of ether oxygens (including phenoxy) is 1. The SMILES string of the molecule is Nc1cc(Cl)c(OCC(=O)O)cc1F. The molecule has 0 bridgehead atoms. The van der Waals surface area contributed by atoms with Crippen LogP contribution in [0.2, 0.25) is 5.02 Å². The fraction of sp³-hybridized carbons (Fsp3) is 0.125. The molecule has 0 amide bonds. The number of carbonyl (C=O) groups is 1. The van der Waals surface area contributed by atoms with Gasteiger partial charge in [0.05, 0.1) is 10.7 Å². The van der Waals surface area contributed by atoms with Gasteiger partial charge in [-0.05, 0) is 6.07 Å². The number of carboxylic acids is 1. The minimum Gasteiger partial charge on any atom is -0.480 e. The number of benzene rings is 1. The van der Waals surface area contributed by atoms with E-state index >= 15 is 0 Å². The van der Waals surface area contributed by atoms with Gasteiger partial charge in [0.15, 0.2) is 6.61 Å². The molecule has 0 aliphatic carbocycles. The van der Waals surface area contributed by atoms with Crippen molar-refractivity contribution in [2.24, 2.45) is 0 Å². The van der Waals surface area contributed by atoms with Crippen LogP contribution in [-0.2, 0) is 4.79 Å². The van der Waals surface area contributed by atoms with E-state index in [-0.39, 0.29) is 16.5 Å². The molecule has 3 N–H and O–H groups in total. The van der Waals surface area contributed by atoms with Gasteiger partial charge in [0.1, 0.15) is 11.6 Å². The lowest BCUT2D eigenvalue weighted by atomic mass is 10.3. The first kappa shape index (κ1) is 10.6. The Bertz CT molecular complexity index is 370. The zero-order valence-electron chi connectivity index (χ0n) is 6.96. The van der Waals surface area contributed by atoms with Gasteiger partial charge in [0, 0.05) is 6.07 Å². The number of rotatable bonds is 3. The van der Waals surface area contributed by atoms with E-state index < -0.39 is 18.4 Å². The maximum Gasteiger partial charge on any atom is 0.341 e. The van der Waals surface area contributed by atoms with E-state index in [1.807, 2.05) is 0 Å². The fourth-order valence-corrected chi connectivity index (χ4v) is 1.02. The molecule has 0 aromatic heterocycles. The third-order valence-corrected chi connectivity index (χ3v) is 1.70. The number of nitrogen functional groups attached to an aromatic ring is 1. The second-order valence-corrected chi connectivity index (χ2v) is 2.89. The number of carboxylic acid groups (broad SMARTS) is 1. The van der Waals surface area contributed by atoms with E-state index in [0.29, 0.717) is 0 Å². The van der Waals surface area contributed by atoms with Crippen molar-refractivity contribution in [3.63, 3.8) is 0 Å². The summed E-state index contributed by atoms with van der Waals surface area (Å²) >= 11 is 5.62. The van der Waals surface area contributed by atoms with Crippen molar-refractivity contribution in [1.29, 1.82) is 0 Å². The Kier molecular flexibility index (Phi) is 3.14. The van der Waals surface area contributed by atoms with E-state index in [0.717, 1.165) is 12.1 Å². The molecule has 0 heterocycles. The molecular weight excluding hydrogens is 213 g/mol. The molecule has 4 nitrogen and oxygen atoms in total. The molecule has 1 aromatic carbocycles. The minimum atomic E-state index is -1.17. The monoisotopic (exact) mass is 219 g/mol. The molecule has 0 radical (unpaired) electrons. The Morgan fingerprint density at radius 3 is 2.86 bits per heavy atom. The third-order valence-electron chi connectivity index (χ3n) is 1.40. The molecule has 0 fully saturated rings. The zero-order chi connectivity index (χ0) is 10.7. The average Bonchev–Trinajstić information content (AvgIpc) is 2.09. The molecule has 0 saturated carbocycles. The predicted molar refractivity (Wildman–Crippen MR) is 49.0 cm³/mol. The lowest BCUT2D eigenvalue weighted by molar-refractivity contribution is -0.139. The molecule has 6 heteroatoms. The lowest BCUT2D eigenvalue weighted by Gasteiger charge is -2.06. The van der Waals surface area contributed by atoms with Crippen LogP contribution >= 0.6 is 11.6 Å². The molecule has 0 aliphatic heterocycles. The normalized spacial score (nSPS) is 9.86. The van der Waals surface area contributed by atoms with Crippen LogP contribution in [0, 0.1) is 5.82 Å². The first-order chi connectivity index (χ1) is 6.50. The largest absolute Gasteiger partial charge is 0.480 e. The highest BCUT2D eigenvalue weighted by Crippen LogP contribution is 2.28. The van der Waals surface area contributed by atoms with E-state index in [4.69, 9.17) is 27.2 Å². The lowest BCUT2D eigenvalue weighted by Crippen LogP contribution is -2.10. The number of anilines is 1. The molecular formula is C8H7ClFNO3. The third kappa shape index (κ3) is 2.50. The second kappa shape index (κ2) is 4.15. The van der Waals surface area contributed by atoms with Crippen molar-refractivity contribution in [3.05, 3.63) is 23.0 Å². The topological polar surface area (TPSA) is 72.5 Å². The summed E-state index contributed by atoms with van der Waals surface area (Å²) in [5.74, 6) is -1.91. The molecule has 0 unspecified atom stereocenters. The Balaban J connectivity index is 2.87. The van der Waals surface area contributed by atoms with Gasteiger partial charge in [-0.15, -0.1) is 0 Å². The molecule has 0 aliphatic rings. The minimum absolute atomic E-state index is 0.0410. The van der Waals surface area contributed by atoms with Crippen LogP contribution < -0.4 is 10.5 Å². The van der Waals surface area contributed by atoms with Crippen LogP contribution in [-0.4, -0.2) is 17.7 Å². The second-order valence-electron chi connectivity index (χ2n) is 2.49. The predicted octanol–water partition coefficient (Wildman–Crippen LogP) is 1.52. The number of nitrogens with two attached hydrogens (primary N) is 1. The van der Waals surface area contributed by atoms with Crippen LogP contribution in [0.15, 0.2) is 12.1 Å². The molecule has 0 spiro atoms. The molecule has 14 heavy (non-hydrogen) atoms. The highest BCUT2D eigenvalue weighted by Gasteiger charge is 2.08. The summed E-state index contributed by atoms with van der Waals surface area (Å²) in [4.78, 5) is 10.1. The van der Waals surface area contributed by atoms with Crippen molar-refractivity contribution in [3.8, 4) is 5.75 Å². The number of hydrogen-bond donors (Lipinski definition) is 2. The van der Waals surface area contributed by atoms with E-state index in [9.17, 15) is 9.18 Å². The molecule has 76 valence electrons. The van der Waals surface area contributed by atoms with Crippen LogP contribution in [0.1, 0.15) is 0 Å². The first-order valence-corrected chi connectivity index (χ1v) is 3.97. The highest BCUT2D eigenvalue weighted by atomic mass is 35.5. The van der Waals surface area contributed by atoms with E-state index in [1.54, 1.807) is 0 Å². The van der Waals surface area contributed by atoms with Gasteiger partial charge in [-0.3, -0.25) is 0 Å². The van der Waals surface area contributed by atoms with Crippen molar-refractivity contribution >= 4 is 23.3 Å². The summed E-state index contributed by atoms with van der Waals surface area (Å²) in [6.45, 7) is -0.580. The quantitative estimate of drug-likeness (QED) is 0.756. The zero-order valence-corrected chi connectivity index (χ0v) is 7.71. The van der Waals surface area contributed by atoms with Gasteiger partial charge < -0.3 is 15.6 Å². The summed E-state index contributed by atoms with van der Waals surface area (Å²) in [6.07, 6.45) is 0. The van der Waals surface area contributed by atoms with Crippen molar-refractivity contribution in [1.82, 2.24) is 0 Å². The molecule has 0 atom stereocenters. The van der Waals surface area contributed by atoms with Gasteiger partial charge in [-0.2, -0.15) is 0 Å². The summed E-state index contributed by atoms with van der Waals surface area (Å²) < 4.78 is 17.6. The van der Waals surface area contributed by atoms with Gasteiger partial charge in [-0.25, -0.2) is 9.18 Å². The summed E-state index contributed by atoms with van der Waals surface area (Å²) in [5.41, 5.74) is 5.10. The number of halogens is 2. The highest BCUT2D eigenvalue weighted by molar-refractivity contribution is 6.32. The maximum absolute atomic E-state index is 12.9. The van der Waals surface area contributed by atoms with Gasteiger partial charge in [0.2, 0.25) is 0 Å². The van der Waals surface area contributed by atoms with Gasteiger partial charge in [0.25, 0.3) is 0 Å². The van der Waals surface area contributed by atoms with Gasteiger partial charge in [-0.1, -0.05) is 11.6 Å². The first-order valence-electron chi connectivity index (χ1n) is 3.60. The smallest absolute Gasteiger partial charge is 0.341 e. The Morgan fingerprint density at radius 1 is 1.64 bits per heavy atom. The van der Waals surface area contributed by atoms with Crippen molar-refractivity contribution < 1.29 is 19.0 Å². The van der Waals surface area contributed by atoms with Crippen LogP contribution in [0.4, 0.5) is 10.1 Å². The van der Waals surface area contributed by atoms with Crippen LogP contribution in [0.5, 0.6) is 5.75 Å². The Morgan fingerprint density at radius 2 is 2.29 bits per heavy atom. The number of hydrogen-bond acceptors (Lipinski definition) is 3. The number of aliphatic carboxylic acids is 1. The van der Waals surface area contributed by atoms with Gasteiger partial charge >= 0.3 is 5.97 Å². The summed E-state index contributed by atoms with van der Waals surface area (Å²) in [5, 5.41) is 8.38. The van der Waals surface area contributed by atoms with E-state index in [2.05, 4.69) is 0 Å². The van der Waals surface area contributed by atoms with Crippen LogP contribution in [0.3, 0.4) is 0 Å². The summed E-state index contributed by atoms with van der Waals surface area (Å²) in [7, 11) is 0. The molecule has 1 aromatic rings.